The summed E-state index contributed by atoms with van der Waals surface area (Å²) in [6.07, 6.45) is 2.57. The van der Waals surface area contributed by atoms with Crippen LogP contribution in [0.25, 0.3) is 11.5 Å². The maximum Gasteiger partial charge on any atom is 0.186 e. The minimum absolute atomic E-state index is 0.693. The highest BCUT2D eigenvalue weighted by atomic mass is 32.1. The summed E-state index contributed by atoms with van der Waals surface area (Å²) in [7, 11) is 0. The largest absolute Gasteiger partial charge is 0.354 e. The second-order valence-corrected chi connectivity index (χ2v) is 5.88. The number of nitrogens with zero attached hydrogens (tertiary/aromatic N) is 2. The third-order valence-corrected chi connectivity index (χ3v) is 3.73. The molecule has 0 amide bonds. The minimum Gasteiger partial charge on any atom is -0.354 e. The van der Waals surface area contributed by atoms with Crippen LogP contribution in [0.4, 0.5) is 0 Å². The van der Waals surface area contributed by atoms with E-state index in [0.29, 0.717) is 6.04 Å². The van der Waals surface area contributed by atoms with Crippen LogP contribution in [0.2, 0.25) is 0 Å². The van der Waals surface area contributed by atoms with Crippen LogP contribution in [0.5, 0.6) is 0 Å². The molecule has 0 saturated heterocycles. The Kier molecular flexibility index (Phi) is 2.72. The van der Waals surface area contributed by atoms with E-state index in [0.717, 1.165) is 28.7 Å². The standard InChI is InChI=1S/C12H15N3OS/c1-7-12(14-8(2)17-7)11-5-10(15-16-11)6-13-9-3-4-9/h5,9,13H,3-4,6H2,1-2H3. The molecule has 0 atom stereocenters. The molecule has 0 unspecified atom stereocenters. The third-order valence-electron chi connectivity index (χ3n) is 2.85. The molecule has 3 rings (SSSR count). The second kappa shape index (κ2) is 4.23. The van der Waals surface area contributed by atoms with E-state index in [4.69, 9.17) is 4.52 Å². The number of aryl methyl sites for hydroxylation is 2. The average molecular weight is 249 g/mol. The fourth-order valence-corrected chi connectivity index (χ4v) is 2.62. The molecule has 1 aliphatic rings. The monoisotopic (exact) mass is 249 g/mol. The molecule has 1 aliphatic carbocycles. The maximum atomic E-state index is 5.35. The summed E-state index contributed by atoms with van der Waals surface area (Å²) < 4.78 is 5.35. The van der Waals surface area contributed by atoms with Gasteiger partial charge in [0, 0.05) is 23.5 Å². The van der Waals surface area contributed by atoms with Gasteiger partial charge in [0.25, 0.3) is 0 Å². The van der Waals surface area contributed by atoms with Crippen molar-refractivity contribution in [3.05, 3.63) is 21.6 Å². The molecule has 0 spiro atoms. The van der Waals surface area contributed by atoms with Crippen LogP contribution in [0.1, 0.15) is 28.4 Å². The van der Waals surface area contributed by atoms with Gasteiger partial charge < -0.3 is 9.84 Å². The van der Waals surface area contributed by atoms with Crippen LogP contribution >= 0.6 is 11.3 Å². The Morgan fingerprint density at radius 3 is 2.94 bits per heavy atom. The summed E-state index contributed by atoms with van der Waals surface area (Å²) in [5, 5.41) is 8.55. The van der Waals surface area contributed by atoms with Crippen LogP contribution < -0.4 is 5.32 Å². The molecular weight excluding hydrogens is 234 g/mol. The van der Waals surface area contributed by atoms with Gasteiger partial charge >= 0.3 is 0 Å². The van der Waals surface area contributed by atoms with Crippen molar-refractivity contribution in [1.29, 1.82) is 0 Å². The highest BCUT2D eigenvalue weighted by Crippen LogP contribution is 2.27. The van der Waals surface area contributed by atoms with E-state index < -0.39 is 0 Å². The molecule has 2 heterocycles. The molecule has 1 N–H and O–H groups in total. The smallest absolute Gasteiger partial charge is 0.186 e. The molecule has 1 saturated carbocycles. The molecule has 2 aromatic heterocycles. The van der Waals surface area contributed by atoms with Gasteiger partial charge in [0.15, 0.2) is 5.76 Å². The zero-order chi connectivity index (χ0) is 11.8. The van der Waals surface area contributed by atoms with E-state index in [1.165, 1.54) is 17.7 Å². The van der Waals surface area contributed by atoms with Crippen LogP contribution in [-0.4, -0.2) is 16.2 Å². The van der Waals surface area contributed by atoms with E-state index >= 15 is 0 Å². The van der Waals surface area contributed by atoms with Crippen LogP contribution in [0.15, 0.2) is 10.6 Å². The fourth-order valence-electron chi connectivity index (χ4n) is 1.80. The van der Waals surface area contributed by atoms with Crippen LogP contribution in [-0.2, 0) is 6.54 Å². The molecule has 17 heavy (non-hydrogen) atoms. The molecule has 0 aliphatic heterocycles. The van der Waals surface area contributed by atoms with Crippen molar-refractivity contribution in [1.82, 2.24) is 15.5 Å². The van der Waals surface area contributed by atoms with Gasteiger partial charge in [0.05, 0.1) is 10.7 Å². The molecule has 90 valence electrons. The Labute approximate surface area is 104 Å². The lowest BCUT2D eigenvalue weighted by atomic mass is 10.2. The van der Waals surface area contributed by atoms with Crippen molar-refractivity contribution >= 4 is 11.3 Å². The third kappa shape index (κ3) is 2.40. The Hall–Kier alpha value is -1.20. The summed E-state index contributed by atoms with van der Waals surface area (Å²) in [6.45, 7) is 4.86. The molecule has 0 radical (unpaired) electrons. The minimum atomic E-state index is 0.693. The molecule has 4 nitrogen and oxygen atoms in total. The van der Waals surface area contributed by atoms with Crippen molar-refractivity contribution in [2.24, 2.45) is 0 Å². The first kappa shape index (κ1) is 10.9. The number of thiazole rings is 1. The lowest BCUT2D eigenvalue weighted by Crippen LogP contribution is -2.15. The SMILES string of the molecule is Cc1nc(-c2cc(CNC3CC3)no2)c(C)s1. The molecule has 5 heteroatoms. The van der Waals surface area contributed by atoms with Crippen molar-refractivity contribution in [3.63, 3.8) is 0 Å². The first-order valence-corrected chi connectivity index (χ1v) is 6.67. The number of nitrogens with one attached hydrogen (secondary N) is 1. The van der Waals surface area contributed by atoms with Gasteiger partial charge in [-0.05, 0) is 26.7 Å². The molecular formula is C12H15N3OS. The van der Waals surface area contributed by atoms with E-state index in [9.17, 15) is 0 Å². The first-order chi connectivity index (χ1) is 8.22. The highest BCUT2D eigenvalue weighted by molar-refractivity contribution is 7.11. The lowest BCUT2D eigenvalue weighted by molar-refractivity contribution is 0.418. The lowest BCUT2D eigenvalue weighted by Gasteiger charge is -1.95. The average Bonchev–Trinajstić information content (AvgIpc) is 2.90. The Balaban J connectivity index is 1.76. The predicted molar refractivity (Wildman–Crippen MR) is 66.9 cm³/mol. The number of hydrogen-bond acceptors (Lipinski definition) is 5. The fraction of sp³-hybridized carbons (Fsp3) is 0.500. The predicted octanol–water partition coefficient (Wildman–Crippen LogP) is 2.67. The summed E-state index contributed by atoms with van der Waals surface area (Å²) in [6, 6.07) is 2.68. The van der Waals surface area contributed by atoms with Crippen molar-refractivity contribution in [2.45, 2.75) is 39.3 Å². The summed E-state index contributed by atoms with van der Waals surface area (Å²) in [4.78, 5) is 5.65. The normalized spacial score (nSPS) is 15.4. The van der Waals surface area contributed by atoms with Gasteiger partial charge in [-0.1, -0.05) is 5.16 Å². The molecule has 0 bridgehead atoms. The van der Waals surface area contributed by atoms with Gasteiger partial charge in [-0.15, -0.1) is 11.3 Å². The van der Waals surface area contributed by atoms with E-state index in [1.807, 2.05) is 13.0 Å². The van der Waals surface area contributed by atoms with E-state index in [1.54, 1.807) is 11.3 Å². The topological polar surface area (TPSA) is 51.0 Å². The van der Waals surface area contributed by atoms with Crippen LogP contribution in [0, 0.1) is 13.8 Å². The van der Waals surface area contributed by atoms with Crippen molar-refractivity contribution in [2.75, 3.05) is 0 Å². The van der Waals surface area contributed by atoms with E-state index in [2.05, 4.69) is 22.4 Å². The van der Waals surface area contributed by atoms with Gasteiger partial charge in [-0.25, -0.2) is 4.98 Å². The maximum absolute atomic E-state index is 5.35. The zero-order valence-electron chi connectivity index (χ0n) is 9.99. The molecule has 0 aromatic carbocycles. The number of aromatic nitrogens is 2. The summed E-state index contributed by atoms with van der Waals surface area (Å²) in [5.74, 6) is 0.777. The Morgan fingerprint density at radius 2 is 2.29 bits per heavy atom. The molecule has 1 fully saturated rings. The van der Waals surface area contributed by atoms with Gasteiger partial charge in [0.2, 0.25) is 0 Å². The molecule has 2 aromatic rings. The Morgan fingerprint density at radius 1 is 1.47 bits per heavy atom. The summed E-state index contributed by atoms with van der Waals surface area (Å²) >= 11 is 1.69. The summed E-state index contributed by atoms with van der Waals surface area (Å²) in [5.41, 5.74) is 1.88. The number of hydrogen-bond donors (Lipinski definition) is 1. The van der Waals surface area contributed by atoms with Gasteiger partial charge in [-0.2, -0.15) is 0 Å². The zero-order valence-corrected chi connectivity index (χ0v) is 10.8. The van der Waals surface area contributed by atoms with Crippen molar-refractivity contribution < 1.29 is 4.52 Å². The quantitative estimate of drug-likeness (QED) is 0.905. The highest BCUT2D eigenvalue weighted by Gasteiger charge is 2.21. The van der Waals surface area contributed by atoms with Crippen molar-refractivity contribution in [3.8, 4) is 11.5 Å². The first-order valence-electron chi connectivity index (χ1n) is 5.86. The van der Waals surface area contributed by atoms with Crippen LogP contribution in [0.3, 0.4) is 0 Å². The Bertz CT molecular complexity index is 528. The van der Waals surface area contributed by atoms with Gasteiger partial charge in [0.1, 0.15) is 5.69 Å². The van der Waals surface area contributed by atoms with E-state index in [-0.39, 0.29) is 0 Å². The number of rotatable bonds is 4. The second-order valence-electron chi connectivity index (χ2n) is 4.48. The van der Waals surface area contributed by atoms with Gasteiger partial charge in [-0.3, -0.25) is 0 Å².